The molecule has 0 aliphatic heterocycles. The highest BCUT2D eigenvalue weighted by molar-refractivity contribution is 9.10. The summed E-state index contributed by atoms with van der Waals surface area (Å²) in [5, 5.41) is 2.10. The van der Waals surface area contributed by atoms with Gasteiger partial charge in [-0.25, -0.2) is 0 Å². The Morgan fingerprint density at radius 2 is 2.00 bits per heavy atom. The fourth-order valence-corrected chi connectivity index (χ4v) is 3.78. The molecule has 1 aromatic carbocycles. The van der Waals surface area contributed by atoms with Crippen molar-refractivity contribution in [2.45, 2.75) is 26.3 Å². The van der Waals surface area contributed by atoms with Crippen LogP contribution in [0, 0.1) is 13.8 Å². The van der Waals surface area contributed by atoms with E-state index in [4.69, 9.17) is 5.84 Å². The lowest BCUT2D eigenvalue weighted by Gasteiger charge is -2.20. The molecule has 0 aliphatic carbocycles. The number of nitrogens with one attached hydrogen (secondary N) is 1. The molecule has 0 saturated heterocycles. The molecule has 2 aromatic rings. The van der Waals surface area contributed by atoms with E-state index in [1.165, 1.54) is 21.6 Å². The zero-order valence-electron chi connectivity index (χ0n) is 10.5. The Balaban J connectivity index is 2.28. The van der Waals surface area contributed by atoms with E-state index in [1.54, 1.807) is 11.3 Å². The van der Waals surface area contributed by atoms with Gasteiger partial charge in [-0.1, -0.05) is 18.2 Å². The van der Waals surface area contributed by atoms with E-state index in [0.717, 1.165) is 10.9 Å². The summed E-state index contributed by atoms with van der Waals surface area (Å²) >= 11 is 5.25. The summed E-state index contributed by atoms with van der Waals surface area (Å²) in [5.41, 5.74) is 6.83. The van der Waals surface area contributed by atoms with Gasteiger partial charge in [0, 0.05) is 21.2 Å². The number of thiophene rings is 1. The second kappa shape index (κ2) is 5.97. The second-order valence-corrected chi connectivity index (χ2v) is 6.37. The fourth-order valence-electron chi connectivity index (χ4n) is 2.28. The van der Waals surface area contributed by atoms with Crippen molar-refractivity contribution >= 4 is 27.3 Å². The van der Waals surface area contributed by atoms with Crippen LogP contribution in [-0.2, 0) is 6.42 Å². The van der Waals surface area contributed by atoms with Gasteiger partial charge in [-0.15, -0.1) is 11.3 Å². The predicted molar refractivity (Wildman–Crippen MR) is 81.7 cm³/mol. The number of nitrogens with two attached hydrogens (primary N) is 1. The molecule has 0 radical (unpaired) electrons. The van der Waals surface area contributed by atoms with E-state index in [2.05, 4.69) is 64.8 Å². The van der Waals surface area contributed by atoms with Crippen molar-refractivity contribution in [2.75, 3.05) is 0 Å². The van der Waals surface area contributed by atoms with Crippen molar-refractivity contribution in [3.63, 3.8) is 0 Å². The minimum absolute atomic E-state index is 0.164. The topological polar surface area (TPSA) is 38.0 Å². The molecule has 1 aromatic heterocycles. The Labute approximate surface area is 120 Å². The molecule has 0 bridgehead atoms. The lowest BCUT2D eigenvalue weighted by molar-refractivity contribution is 0.550. The third kappa shape index (κ3) is 3.01. The smallest absolute Gasteiger partial charge is 0.0513 e. The van der Waals surface area contributed by atoms with Gasteiger partial charge in [0.2, 0.25) is 0 Å². The molecule has 1 heterocycles. The largest absolute Gasteiger partial charge is 0.271 e. The quantitative estimate of drug-likeness (QED) is 0.661. The zero-order valence-corrected chi connectivity index (χ0v) is 12.9. The first kappa shape index (κ1) is 13.7. The maximum atomic E-state index is 5.74. The Kier molecular flexibility index (Phi) is 4.56. The Hall–Kier alpha value is -0.680. The lowest BCUT2D eigenvalue weighted by Crippen LogP contribution is -2.30. The molecule has 1 unspecified atom stereocenters. The third-order valence-corrected chi connectivity index (χ3v) is 4.84. The van der Waals surface area contributed by atoms with Crippen LogP contribution in [0.4, 0.5) is 0 Å². The normalized spacial score (nSPS) is 12.7. The van der Waals surface area contributed by atoms with Gasteiger partial charge in [0.25, 0.3) is 0 Å². The summed E-state index contributed by atoms with van der Waals surface area (Å²) in [7, 11) is 0. The number of halogens is 1. The van der Waals surface area contributed by atoms with Crippen LogP contribution in [0.15, 0.2) is 34.1 Å². The molecule has 1 atom stereocenters. The molecular formula is C14H17BrN2S. The summed E-state index contributed by atoms with van der Waals surface area (Å²) < 4.78 is 1.14. The van der Waals surface area contributed by atoms with E-state index in [0.29, 0.717) is 0 Å². The molecule has 0 amide bonds. The van der Waals surface area contributed by atoms with Gasteiger partial charge in [-0.3, -0.25) is 11.3 Å². The summed E-state index contributed by atoms with van der Waals surface area (Å²) in [6, 6.07) is 8.68. The first-order valence-corrected chi connectivity index (χ1v) is 7.54. The first-order valence-electron chi connectivity index (χ1n) is 5.87. The van der Waals surface area contributed by atoms with Gasteiger partial charge in [0.05, 0.1) is 6.04 Å². The number of rotatable bonds is 4. The molecule has 96 valence electrons. The number of benzene rings is 1. The Bertz CT molecular complexity index is 516. The van der Waals surface area contributed by atoms with Crippen LogP contribution in [0.25, 0.3) is 0 Å². The highest BCUT2D eigenvalue weighted by Crippen LogP contribution is 2.28. The van der Waals surface area contributed by atoms with E-state index in [-0.39, 0.29) is 6.04 Å². The molecule has 0 spiro atoms. The molecule has 0 fully saturated rings. The second-order valence-electron chi connectivity index (χ2n) is 4.46. The third-order valence-electron chi connectivity index (χ3n) is 3.12. The van der Waals surface area contributed by atoms with Crippen LogP contribution < -0.4 is 11.3 Å². The minimum Gasteiger partial charge on any atom is -0.271 e. The van der Waals surface area contributed by atoms with Crippen molar-refractivity contribution in [3.8, 4) is 0 Å². The standard InChI is InChI=1S/C14H17BrN2S/c1-9-4-3-5-10(2)14(9)13(17-16)7-12-6-11(15)8-18-12/h3-6,8,13,17H,7,16H2,1-2H3. The maximum Gasteiger partial charge on any atom is 0.0513 e. The summed E-state index contributed by atoms with van der Waals surface area (Å²) in [4.78, 5) is 1.33. The van der Waals surface area contributed by atoms with Crippen molar-refractivity contribution in [1.29, 1.82) is 0 Å². The van der Waals surface area contributed by atoms with Gasteiger partial charge in [-0.2, -0.15) is 0 Å². The number of hydrogen-bond acceptors (Lipinski definition) is 3. The Morgan fingerprint density at radius 1 is 1.33 bits per heavy atom. The number of aryl methyl sites for hydroxylation is 2. The van der Waals surface area contributed by atoms with Crippen LogP contribution in [0.3, 0.4) is 0 Å². The van der Waals surface area contributed by atoms with E-state index < -0.39 is 0 Å². The molecule has 2 nitrogen and oxygen atoms in total. The zero-order chi connectivity index (χ0) is 13.1. The van der Waals surface area contributed by atoms with E-state index in [1.807, 2.05) is 0 Å². The Morgan fingerprint density at radius 3 is 2.50 bits per heavy atom. The SMILES string of the molecule is Cc1cccc(C)c1C(Cc1cc(Br)cs1)NN. The van der Waals surface area contributed by atoms with Crippen molar-refractivity contribution in [2.24, 2.45) is 5.84 Å². The molecule has 2 rings (SSSR count). The molecule has 0 saturated carbocycles. The van der Waals surface area contributed by atoms with Gasteiger partial charge in [0.15, 0.2) is 0 Å². The predicted octanol–water partition coefficient (Wildman–Crippen LogP) is 3.87. The summed E-state index contributed by atoms with van der Waals surface area (Å²) in [6.45, 7) is 4.27. The van der Waals surface area contributed by atoms with Crippen LogP contribution in [-0.4, -0.2) is 0 Å². The molecule has 0 aliphatic rings. The molecule has 18 heavy (non-hydrogen) atoms. The van der Waals surface area contributed by atoms with Crippen LogP contribution in [0.2, 0.25) is 0 Å². The van der Waals surface area contributed by atoms with Crippen LogP contribution >= 0.6 is 27.3 Å². The van der Waals surface area contributed by atoms with Crippen molar-refractivity contribution < 1.29 is 0 Å². The number of hydrogen-bond donors (Lipinski definition) is 2. The average molecular weight is 325 g/mol. The highest BCUT2D eigenvalue weighted by atomic mass is 79.9. The van der Waals surface area contributed by atoms with Gasteiger partial charge in [-0.05, 0) is 52.5 Å². The van der Waals surface area contributed by atoms with Crippen molar-refractivity contribution in [3.05, 3.63) is 55.7 Å². The van der Waals surface area contributed by atoms with Gasteiger partial charge < -0.3 is 0 Å². The van der Waals surface area contributed by atoms with E-state index in [9.17, 15) is 0 Å². The average Bonchev–Trinajstić information content (AvgIpc) is 2.73. The first-order chi connectivity index (χ1) is 8.61. The maximum absolute atomic E-state index is 5.74. The fraction of sp³-hybridized carbons (Fsp3) is 0.286. The lowest BCUT2D eigenvalue weighted by atomic mass is 9.94. The van der Waals surface area contributed by atoms with Crippen LogP contribution in [0.5, 0.6) is 0 Å². The van der Waals surface area contributed by atoms with Crippen LogP contribution in [0.1, 0.15) is 27.6 Å². The number of hydrazine groups is 1. The summed E-state index contributed by atoms with van der Waals surface area (Å²) in [6.07, 6.45) is 0.915. The monoisotopic (exact) mass is 324 g/mol. The molecule has 4 heteroatoms. The highest BCUT2D eigenvalue weighted by Gasteiger charge is 2.16. The summed E-state index contributed by atoms with van der Waals surface area (Å²) in [5.74, 6) is 5.74. The van der Waals surface area contributed by atoms with Gasteiger partial charge in [0.1, 0.15) is 0 Å². The molecular weight excluding hydrogens is 308 g/mol. The van der Waals surface area contributed by atoms with Gasteiger partial charge >= 0.3 is 0 Å². The minimum atomic E-state index is 0.164. The van der Waals surface area contributed by atoms with E-state index >= 15 is 0 Å². The van der Waals surface area contributed by atoms with Crippen molar-refractivity contribution in [1.82, 2.24) is 5.43 Å². The molecule has 3 N–H and O–H groups in total.